The summed E-state index contributed by atoms with van der Waals surface area (Å²) in [5.41, 5.74) is 3.70. The van der Waals surface area contributed by atoms with Gasteiger partial charge in [0.15, 0.2) is 16.6 Å². The van der Waals surface area contributed by atoms with E-state index in [9.17, 15) is 4.79 Å². The Kier molecular flexibility index (Phi) is 4.45. The topological polar surface area (TPSA) is 89.1 Å². The highest BCUT2D eigenvalue weighted by molar-refractivity contribution is 7.14. The first kappa shape index (κ1) is 17.4. The van der Waals surface area contributed by atoms with Gasteiger partial charge >= 0.3 is 0 Å². The van der Waals surface area contributed by atoms with Crippen LogP contribution in [0.25, 0.3) is 22.5 Å². The van der Waals surface area contributed by atoms with Crippen LogP contribution in [0, 0.1) is 0 Å². The Hall–Kier alpha value is -3.65. The van der Waals surface area contributed by atoms with E-state index in [-0.39, 0.29) is 5.91 Å². The van der Waals surface area contributed by atoms with Gasteiger partial charge in [-0.15, -0.1) is 11.3 Å². The number of aromatic amines is 1. The maximum Gasteiger partial charge on any atom is 0.261 e. The van der Waals surface area contributed by atoms with Crippen molar-refractivity contribution in [3.05, 3.63) is 65.7 Å². The first-order valence-corrected chi connectivity index (χ1v) is 9.91. The SMILES string of the molecule is O=C(Nc1nc(-c2ccc3c(c2)OCCO3)cs1)c1cn[nH]c1-c1ccccc1. The van der Waals surface area contributed by atoms with Gasteiger partial charge in [-0.25, -0.2) is 4.98 Å². The van der Waals surface area contributed by atoms with Crippen LogP contribution in [0.4, 0.5) is 5.13 Å². The number of amides is 1. The van der Waals surface area contributed by atoms with Crippen LogP contribution in [-0.4, -0.2) is 34.3 Å². The van der Waals surface area contributed by atoms with E-state index in [1.807, 2.05) is 53.9 Å². The van der Waals surface area contributed by atoms with Crippen molar-refractivity contribution in [2.24, 2.45) is 0 Å². The third-order valence-corrected chi connectivity index (χ3v) is 5.27. The highest BCUT2D eigenvalue weighted by atomic mass is 32.1. The Morgan fingerprint density at radius 2 is 1.86 bits per heavy atom. The average Bonchev–Trinajstić information content (AvgIpc) is 3.44. The monoisotopic (exact) mass is 404 g/mol. The summed E-state index contributed by atoms with van der Waals surface area (Å²) < 4.78 is 11.2. The minimum absolute atomic E-state index is 0.263. The predicted molar refractivity (Wildman–Crippen MR) is 111 cm³/mol. The molecule has 0 saturated heterocycles. The van der Waals surface area contributed by atoms with E-state index < -0.39 is 0 Å². The third kappa shape index (κ3) is 3.45. The van der Waals surface area contributed by atoms with E-state index >= 15 is 0 Å². The molecule has 1 aliphatic heterocycles. The highest BCUT2D eigenvalue weighted by Crippen LogP contribution is 2.35. The Labute approximate surface area is 170 Å². The molecule has 7 nitrogen and oxygen atoms in total. The van der Waals surface area contributed by atoms with E-state index in [0.29, 0.717) is 35.4 Å². The Balaban J connectivity index is 1.36. The number of H-pyrrole nitrogens is 1. The highest BCUT2D eigenvalue weighted by Gasteiger charge is 2.18. The molecule has 1 aliphatic rings. The second-order valence-electron chi connectivity index (χ2n) is 6.38. The minimum Gasteiger partial charge on any atom is -0.486 e. The maximum absolute atomic E-state index is 12.8. The number of hydrogen-bond acceptors (Lipinski definition) is 6. The molecule has 2 N–H and O–H groups in total. The number of hydrogen-bond donors (Lipinski definition) is 2. The number of aromatic nitrogens is 3. The van der Waals surface area contributed by atoms with Gasteiger partial charge in [0.05, 0.1) is 23.1 Å². The number of rotatable bonds is 4. The zero-order chi connectivity index (χ0) is 19.6. The van der Waals surface area contributed by atoms with Gasteiger partial charge in [-0.1, -0.05) is 30.3 Å². The van der Waals surface area contributed by atoms with Crippen molar-refractivity contribution in [1.82, 2.24) is 15.2 Å². The quantitative estimate of drug-likeness (QED) is 0.532. The summed E-state index contributed by atoms with van der Waals surface area (Å²) in [5.74, 6) is 1.18. The van der Waals surface area contributed by atoms with E-state index in [4.69, 9.17) is 9.47 Å². The summed E-state index contributed by atoms with van der Waals surface area (Å²) in [6.07, 6.45) is 1.52. The summed E-state index contributed by atoms with van der Waals surface area (Å²) in [6, 6.07) is 15.3. The molecule has 0 radical (unpaired) electrons. The van der Waals surface area contributed by atoms with Crippen molar-refractivity contribution in [3.8, 4) is 34.0 Å². The lowest BCUT2D eigenvalue weighted by molar-refractivity contribution is 0.102. The van der Waals surface area contributed by atoms with Crippen LogP contribution in [0.5, 0.6) is 11.5 Å². The smallest absolute Gasteiger partial charge is 0.261 e. The number of anilines is 1. The Bertz CT molecular complexity index is 1170. The van der Waals surface area contributed by atoms with E-state index in [1.165, 1.54) is 17.5 Å². The molecular formula is C21H16N4O3S. The summed E-state index contributed by atoms with van der Waals surface area (Å²) >= 11 is 1.36. The molecule has 0 spiro atoms. The van der Waals surface area contributed by atoms with Gasteiger partial charge in [0.1, 0.15) is 13.2 Å². The van der Waals surface area contributed by atoms with Crippen molar-refractivity contribution in [2.45, 2.75) is 0 Å². The number of carbonyl (C=O) groups is 1. The van der Waals surface area contributed by atoms with Gasteiger partial charge in [-0.2, -0.15) is 5.10 Å². The van der Waals surface area contributed by atoms with Crippen LogP contribution < -0.4 is 14.8 Å². The summed E-state index contributed by atoms with van der Waals surface area (Å²) in [7, 11) is 0. The molecule has 144 valence electrons. The van der Waals surface area contributed by atoms with Gasteiger partial charge < -0.3 is 9.47 Å². The molecule has 1 amide bonds. The molecule has 8 heteroatoms. The second-order valence-corrected chi connectivity index (χ2v) is 7.23. The van der Waals surface area contributed by atoms with Gasteiger partial charge in [-0.3, -0.25) is 15.2 Å². The molecule has 29 heavy (non-hydrogen) atoms. The van der Waals surface area contributed by atoms with Gasteiger partial charge in [0.2, 0.25) is 0 Å². The molecule has 0 atom stereocenters. The van der Waals surface area contributed by atoms with Crippen molar-refractivity contribution in [2.75, 3.05) is 18.5 Å². The molecule has 0 aliphatic carbocycles. The number of benzene rings is 2. The number of fused-ring (bicyclic) bond motifs is 1. The normalized spacial score (nSPS) is 12.6. The number of nitrogens with zero attached hydrogens (tertiary/aromatic N) is 2. The molecule has 5 rings (SSSR count). The summed E-state index contributed by atoms with van der Waals surface area (Å²) in [5, 5.41) is 12.2. The van der Waals surface area contributed by atoms with E-state index in [1.54, 1.807) is 0 Å². The summed E-state index contributed by atoms with van der Waals surface area (Å²) in [6.45, 7) is 1.08. The minimum atomic E-state index is -0.263. The zero-order valence-corrected chi connectivity index (χ0v) is 16.0. The van der Waals surface area contributed by atoms with Gasteiger partial charge in [0.25, 0.3) is 5.91 Å². The molecular weight excluding hydrogens is 388 g/mol. The Morgan fingerprint density at radius 1 is 1.03 bits per heavy atom. The molecule has 2 aromatic carbocycles. The molecule has 0 fully saturated rings. The van der Waals surface area contributed by atoms with Crippen molar-refractivity contribution in [3.63, 3.8) is 0 Å². The maximum atomic E-state index is 12.8. The average molecular weight is 404 g/mol. The van der Waals surface area contributed by atoms with Crippen LogP contribution in [0.2, 0.25) is 0 Å². The largest absolute Gasteiger partial charge is 0.486 e. The summed E-state index contributed by atoms with van der Waals surface area (Å²) in [4.78, 5) is 17.3. The first-order valence-electron chi connectivity index (χ1n) is 9.03. The molecule has 0 saturated carbocycles. The zero-order valence-electron chi connectivity index (χ0n) is 15.2. The van der Waals surface area contributed by atoms with Crippen LogP contribution in [0.15, 0.2) is 60.1 Å². The van der Waals surface area contributed by atoms with Gasteiger partial charge in [-0.05, 0) is 18.2 Å². The molecule has 0 unspecified atom stereocenters. The number of ether oxygens (including phenoxy) is 2. The van der Waals surface area contributed by atoms with Crippen LogP contribution in [-0.2, 0) is 0 Å². The lowest BCUT2D eigenvalue weighted by atomic mass is 10.1. The van der Waals surface area contributed by atoms with Gasteiger partial charge in [0, 0.05) is 16.5 Å². The number of nitrogens with one attached hydrogen (secondary N) is 2. The van der Waals surface area contributed by atoms with Crippen molar-refractivity contribution >= 4 is 22.4 Å². The first-order chi connectivity index (χ1) is 14.3. The standard InChI is InChI=1S/C21H16N4O3S/c26-20(15-11-22-25-19(15)13-4-2-1-3-5-13)24-21-23-16(12-29-21)14-6-7-17-18(10-14)28-9-8-27-17/h1-7,10-12H,8-9H2,(H,22,25)(H,23,24,26). The van der Waals surface area contributed by atoms with Crippen LogP contribution in [0.1, 0.15) is 10.4 Å². The lowest BCUT2D eigenvalue weighted by Crippen LogP contribution is -2.15. The van der Waals surface area contributed by atoms with Crippen molar-refractivity contribution < 1.29 is 14.3 Å². The van der Waals surface area contributed by atoms with E-state index in [2.05, 4.69) is 20.5 Å². The fraction of sp³-hybridized carbons (Fsp3) is 0.0952. The second kappa shape index (κ2) is 7.40. The fourth-order valence-electron chi connectivity index (χ4n) is 3.11. The Morgan fingerprint density at radius 3 is 2.72 bits per heavy atom. The lowest BCUT2D eigenvalue weighted by Gasteiger charge is -2.18. The number of thiazole rings is 1. The molecule has 0 bridgehead atoms. The third-order valence-electron chi connectivity index (χ3n) is 4.51. The van der Waals surface area contributed by atoms with Crippen LogP contribution >= 0.6 is 11.3 Å². The van der Waals surface area contributed by atoms with E-state index in [0.717, 1.165) is 22.6 Å². The van der Waals surface area contributed by atoms with Crippen molar-refractivity contribution in [1.29, 1.82) is 0 Å². The number of carbonyl (C=O) groups excluding carboxylic acids is 1. The predicted octanol–water partition coefficient (Wildman–Crippen LogP) is 4.22. The molecule has 2 aromatic heterocycles. The molecule has 4 aromatic rings. The molecule has 3 heterocycles. The van der Waals surface area contributed by atoms with Crippen LogP contribution in [0.3, 0.4) is 0 Å². The fourth-order valence-corrected chi connectivity index (χ4v) is 3.83.